The summed E-state index contributed by atoms with van der Waals surface area (Å²) in [6.45, 7) is 6.15. The van der Waals surface area contributed by atoms with Crippen LogP contribution >= 0.6 is 23.1 Å². The molecule has 0 aliphatic heterocycles. The van der Waals surface area contributed by atoms with E-state index in [0.29, 0.717) is 5.75 Å². The van der Waals surface area contributed by atoms with Gasteiger partial charge in [0, 0.05) is 17.0 Å². The molecule has 0 saturated heterocycles. The minimum absolute atomic E-state index is 0.0400. The zero-order chi connectivity index (χ0) is 17.8. The molecule has 0 aliphatic carbocycles. The van der Waals surface area contributed by atoms with Gasteiger partial charge in [0.1, 0.15) is 16.2 Å². The summed E-state index contributed by atoms with van der Waals surface area (Å²) in [5.41, 5.74) is 3.51. The van der Waals surface area contributed by atoms with Gasteiger partial charge < -0.3 is 5.32 Å². The molecule has 4 nitrogen and oxygen atoms in total. The van der Waals surface area contributed by atoms with Gasteiger partial charge in [-0.25, -0.2) is 9.97 Å². The van der Waals surface area contributed by atoms with Crippen LogP contribution in [0.25, 0.3) is 21.3 Å². The van der Waals surface area contributed by atoms with Crippen LogP contribution in [0.1, 0.15) is 25.8 Å². The summed E-state index contributed by atoms with van der Waals surface area (Å²) in [5.74, 6) is 0.401. The first kappa shape index (κ1) is 17.9. The van der Waals surface area contributed by atoms with Crippen molar-refractivity contribution in [3.05, 3.63) is 41.5 Å². The summed E-state index contributed by atoms with van der Waals surface area (Å²) in [5, 5.41) is 7.01. The molecular formula is C19H21N3OS2. The molecule has 0 unspecified atom stereocenters. The van der Waals surface area contributed by atoms with Gasteiger partial charge in [0.15, 0.2) is 0 Å². The Morgan fingerprint density at radius 3 is 2.76 bits per heavy atom. The normalized spacial score (nSPS) is 12.3. The molecule has 0 bridgehead atoms. The van der Waals surface area contributed by atoms with Gasteiger partial charge in [-0.1, -0.05) is 48.5 Å². The Bertz CT molecular complexity index is 874. The third kappa shape index (κ3) is 4.19. The Hall–Kier alpha value is -1.92. The van der Waals surface area contributed by atoms with Crippen LogP contribution in [0.15, 0.2) is 41.0 Å². The van der Waals surface area contributed by atoms with Crippen molar-refractivity contribution in [2.75, 3.05) is 5.75 Å². The van der Waals surface area contributed by atoms with Crippen molar-refractivity contribution in [3.8, 4) is 11.1 Å². The maximum atomic E-state index is 12.1. The molecule has 6 heteroatoms. The number of benzene rings is 1. The molecule has 1 aromatic carbocycles. The maximum absolute atomic E-state index is 12.1. The van der Waals surface area contributed by atoms with E-state index < -0.39 is 0 Å². The van der Waals surface area contributed by atoms with Gasteiger partial charge in [-0.2, -0.15) is 0 Å². The molecule has 0 aliphatic rings. The highest BCUT2D eigenvalue weighted by Gasteiger charge is 2.15. The highest BCUT2D eigenvalue weighted by molar-refractivity contribution is 8.00. The van der Waals surface area contributed by atoms with Gasteiger partial charge in [-0.05, 0) is 25.8 Å². The molecule has 2 heterocycles. The Kier molecular flexibility index (Phi) is 5.71. The smallest absolute Gasteiger partial charge is 0.230 e. The van der Waals surface area contributed by atoms with Gasteiger partial charge >= 0.3 is 0 Å². The van der Waals surface area contributed by atoms with Crippen LogP contribution in [0.2, 0.25) is 0 Å². The monoisotopic (exact) mass is 371 g/mol. The molecule has 1 amide bonds. The van der Waals surface area contributed by atoms with Gasteiger partial charge in [0.2, 0.25) is 5.91 Å². The fraction of sp³-hybridized carbons (Fsp3) is 0.316. The minimum Gasteiger partial charge on any atom is -0.353 e. The zero-order valence-corrected chi connectivity index (χ0v) is 16.2. The number of carbonyl (C=O) groups is 1. The number of amides is 1. The Balaban J connectivity index is 1.87. The Morgan fingerprint density at radius 1 is 1.28 bits per heavy atom. The second-order valence-corrected chi connectivity index (χ2v) is 7.86. The molecule has 0 fully saturated rings. The average Bonchev–Trinajstić information content (AvgIpc) is 3.05. The molecular weight excluding hydrogens is 350 g/mol. The van der Waals surface area contributed by atoms with E-state index in [1.807, 2.05) is 6.92 Å². The van der Waals surface area contributed by atoms with Crippen molar-refractivity contribution in [1.29, 1.82) is 0 Å². The average molecular weight is 372 g/mol. The number of hydrogen-bond acceptors (Lipinski definition) is 5. The summed E-state index contributed by atoms with van der Waals surface area (Å²) in [6, 6.07) is 8.65. The molecule has 0 saturated carbocycles. The fourth-order valence-electron chi connectivity index (χ4n) is 2.46. The molecule has 3 rings (SSSR count). The van der Waals surface area contributed by atoms with Gasteiger partial charge in [-0.3, -0.25) is 4.79 Å². The van der Waals surface area contributed by atoms with Crippen molar-refractivity contribution in [3.63, 3.8) is 0 Å². The first-order valence-corrected chi connectivity index (χ1v) is 10.2. The number of rotatable bonds is 6. The zero-order valence-electron chi connectivity index (χ0n) is 14.6. The minimum atomic E-state index is 0.0400. The number of carbonyl (C=O) groups excluding carboxylic acids is 1. The first-order chi connectivity index (χ1) is 12.1. The number of aryl methyl sites for hydroxylation is 1. The van der Waals surface area contributed by atoms with Gasteiger partial charge in [0.05, 0.1) is 11.1 Å². The Morgan fingerprint density at radius 2 is 2.04 bits per heavy atom. The van der Waals surface area contributed by atoms with E-state index in [-0.39, 0.29) is 11.9 Å². The lowest BCUT2D eigenvalue weighted by Gasteiger charge is -2.11. The lowest BCUT2D eigenvalue weighted by molar-refractivity contribution is -0.119. The lowest BCUT2D eigenvalue weighted by atomic mass is 10.1. The largest absolute Gasteiger partial charge is 0.353 e. The lowest BCUT2D eigenvalue weighted by Crippen LogP contribution is -2.33. The van der Waals surface area contributed by atoms with Crippen LogP contribution in [-0.4, -0.2) is 27.7 Å². The molecule has 0 radical (unpaired) electrons. The van der Waals surface area contributed by atoms with E-state index in [1.54, 1.807) is 17.7 Å². The number of nitrogens with one attached hydrogen (secondary N) is 1. The predicted octanol–water partition coefficient (Wildman–Crippen LogP) is 4.67. The standard InChI is InChI=1S/C19H21N3OS2/c1-4-13(3)22-16(23)10-25-19-17-15(9-24-18(17)20-11-21-19)14-7-5-12(2)6-8-14/h5-9,11,13H,4,10H2,1-3H3,(H,22,23)/t13-/m1/s1. The predicted molar refractivity (Wildman–Crippen MR) is 106 cm³/mol. The highest BCUT2D eigenvalue weighted by Crippen LogP contribution is 2.37. The van der Waals surface area contributed by atoms with Gasteiger partial charge in [-0.15, -0.1) is 11.3 Å². The van der Waals surface area contributed by atoms with E-state index in [4.69, 9.17) is 0 Å². The van der Waals surface area contributed by atoms with Crippen molar-refractivity contribution in [2.45, 2.75) is 38.3 Å². The van der Waals surface area contributed by atoms with Crippen LogP contribution in [0, 0.1) is 6.92 Å². The SMILES string of the molecule is CC[C@@H](C)NC(=O)CSc1ncnc2scc(-c3ccc(C)cc3)c12. The van der Waals surface area contributed by atoms with E-state index >= 15 is 0 Å². The molecule has 1 atom stereocenters. The molecule has 130 valence electrons. The number of fused-ring (bicyclic) bond motifs is 1. The number of thiophene rings is 1. The third-order valence-corrected chi connectivity index (χ3v) is 5.93. The number of thioether (sulfide) groups is 1. The third-order valence-electron chi connectivity index (χ3n) is 4.06. The molecule has 3 aromatic rings. The summed E-state index contributed by atoms with van der Waals surface area (Å²) in [7, 11) is 0. The number of aromatic nitrogens is 2. The van der Waals surface area contributed by atoms with Crippen molar-refractivity contribution < 1.29 is 4.79 Å². The molecule has 25 heavy (non-hydrogen) atoms. The van der Waals surface area contributed by atoms with Crippen LogP contribution < -0.4 is 5.32 Å². The van der Waals surface area contributed by atoms with Crippen molar-refractivity contribution >= 4 is 39.2 Å². The summed E-state index contributed by atoms with van der Waals surface area (Å²) < 4.78 is 0. The summed E-state index contributed by atoms with van der Waals surface area (Å²) in [4.78, 5) is 21.9. The van der Waals surface area contributed by atoms with Gasteiger partial charge in [0.25, 0.3) is 0 Å². The second kappa shape index (κ2) is 7.97. The van der Waals surface area contributed by atoms with Crippen LogP contribution in [0.3, 0.4) is 0 Å². The molecule has 0 spiro atoms. The topological polar surface area (TPSA) is 54.9 Å². The summed E-state index contributed by atoms with van der Waals surface area (Å²) in [6.07, 6.45) is 2.50. The van der Waals surface area contributed by atoms with E-state index in [9.17, 15) is 4.79 Å². The molecule has 1 N–H and O–H groups in total. The van der Waals surface area contributed by atoms with E-state index in [2.05, 4.69) is 58.8 Å². The van der Waals surface area contributed by atoms with Crippen molar-refractivity contribution in [1.82, 2.24) is 15.3 Å². The number of hydrogen-bond donors (Lipinski definition) is 1. The fourth-order valence-corrected chi connectivity index (χ4v) is 4.26. The summed E-state index contributed by atoms with van der Waals surface area (Å²) >= 11 is 3.08. The molecule has 2 aromatic heterocycles. The number of nitrogens with zero attached hydrogens (tertiary/aromatic N) is 2. The van der Waals surface area contributed by atoms with Crippen LogP contribution in [0.5, 0.6) is 0 Å². The van der Waals surface area contributed by atoms with Crippen LogP contribution in [0.4, 0.5) is 0 Å². The van der Waals surface area contributed by atoms with Crippen LogP contribution in [-0.2, 0) is 4.79 Å². The van der Waals surface area contributed by atoms with E-state index in [1.165, 1.54) is 17.3 Å². The second-order valence-electron chi connectivity index (χ2n) is 6.04. The first-order valence-electron chi connectivity index (χ1n) is 8.30. The van der Waals surface area contributed by atoms with Crippen molar-refractivity contribution in [2.24, 2.45) is 0 Å². The van der Waals surface area contributed by atoms with E-state index in [0.717, 1.165) is 32.8 Å². The maximum Gasteiger partial charge on any atom is 0.230 e. The quantitative estimate of drug-likeness (QED) is 0.505. The highest BCUT2D eigenvalue weighted by atomic mass is 32.2. The Labute approximate surface area is 156 Å².